The molecule has 0 saturated carbocycles. The molecule has 2 aromatic rings. The van der Waals surface area contributed by atoms with Gasteiger partial charge in [-0.1, -0.05) is 36.7 Å². The van der Waals surface area contributed by atoms with Crippen LogP contribution in [0.3, 0.4) is 0 Å². The Kier molecular flexibility index (Phi) is 6.09. The van der Waals surface area contributed by atoms with Crippen LogP contribution in [-0.4, -0.2) is 17.4 Å². The molecule has 1 aliphatic carbocycles. The number of nitrogens with two attached hydrogens (primary N) is 1. The molecule has 0 bridgehead atoms. The van der Waals surface area contributed by atoms with Crippen molar-refractivity contribution in [2.75, 3.05) is 6.54 Å². The summed E-state index contributed by atoms with van der Waals surface area (Å²) in [5.74, 6) is -0.654. The Bertz CT molecular complexity index is 935. The lowest BCUT2D eigenvalue weighted by Gasteiger charge is -2.15. The molecule has 1 aromatic heterocycles. The molecule has 0 spiro atoms. The number of aromatic nitrogens is 1. The number of benzene rings is 1. The molecule has 1 unspecified atom stereocenters. The SMILES string of the molecule is CCc1sc(C(CN)NC(=O)C2=CC=C(c3ccc(Cl)c(F)c3)C2)nc1C. The average molecular weight is 406 g/mol. The van der Waals surface area contributed by atoms with Gasteiger partial charge >= 0.3 is 0 Å². The summed E-state index contributed by atoms with van der Waals surface area (Å²) in [6, 6.07) is 4.33. The molecule has 1 heterocycles. The maximum absolute atomic E-state index is 13.7. The number of halogens is 2. The number of hydrogen-bond donors (Lipinski definition) is 2. The zero-order valence-corrected chi connectivity index (χ0v) is 16.8. The Hall–Kier alpha value is -2.02. The fraction of sp³-hybridized carbons (Fsp3) is 0.300. The Labute approximate surface area is 166 Å². The quantitative estimate of drug-likeness (QED) is 0.751. The lowest BCUT2D eigenvalue weighted by Crippen LogP contribution is -2.34. The van der Waals surface area contributed by atoms with E-state index in [1.165, 1.54) is 17.0 Å². The molecule has 0 fully saturated rings. The second-order valence-corrected chi connectivity index (χ2v) is 7.89. The molecule has 142 valence electrons. The van der Waals surface area contributed by atoms with E-state index in [4.69, 9.17) is 17.3 Å². The fourth-order valence-electron chi connectivity index (χ4n) is 2.97. The summed E-state index contributed by atoms with van der Waals surface area (Å²) >= 11 is 7.32. The zero-order chi connectivity index (χ0) is 19.6. The highest BCUT2D eigenvalue weighted by atomic mass is 35.5. The minimum atomic E-state index is -0.470. The first-order valence-electron chi connectivity index (χ1n) is 8.75. The molecular formula is C20H21ClFN3OS. The van der Waals surface area contributed by atoms with Crippen LogP contribution in [-0.2, 0) is 11.2 Å². The van der Waals surface area contributed by atoms with Crippen LogP contribution in [0.4, 0.5) is 4.39 Å². The Balaban J connectivity index is 1.67. The van der Waals surface area contributed by atoms with Crippen LogP contribution < -0.4 is 11.1 Å². The molecule has 1 amide bonds. The normalized spacial score (nSPS) is 14.7. The predicted molar refractivity (Wildman–Crippen MR) is 108 cm³/mol. The number of thiazole rings is 1. The summed E-state index contributed by atoms with van der Waals surface area (Å²) in [5, 5.41) is 3.88. The van der Waals surface area contributed by atoms with Crippen molar-refractivity contribution in [1.82, 2.24) is 10.3 Å². The van der Waals surface area contributed by atoms with Gasteiger partial charge in [0.05, 0.1) is 16.8 Å². The van der Waals surface area contributed by atoms with Crippen molar-refractivity contribution in [2.24, 2.45) is 5.73 Å². The van der Waals surface area contributed by atoms with Crippen molar-refractivity contribution in [3.8, 4) is 0 Å². The van der Waals surface area contributed by atoms with Gasteiger partial charge in [-0.2, -0.15) is 0 Å². The van der Waals surface area contributed by atoms with E-state index >= 15 is 0 Å². The zero-order valence-electron chi connectivity index (χ0n) is 15.2. The van der Waals surface area contributed by atoms with Gasteiger partial charge in [0.1, 0.15) is 10.8 Å². The van der Waals surface area contributed by atoms with Gasteiger partial charge < -0.3 is 11.1 Å². The molecule has 1 aromatic carbocycles. The molecule has 0 aliphatic heterocycles. The largest absolute Gasteiger partial charge is 0.342 e. The summed E-state index contributed by atoms with van der Waals surface area (Å²) in [6.07, 6.45) is 4.93. The van der Waals surface area contributed by atoms with E-state index in [2.05, 4.69) is 17.2 Å². The number of rotatable bonds is 6. The van der Waals surface area contributed by atoms with Crippen molar-refractivity contribution < 1.29 is 9.18 Å². The van der Waals surface area contributed by atoms with Gasteiger partial charge in [0.15, 0.2) is 0 Å². The van der Waals surface area contributed by atoms with Gasteiger partial charge in [-0.3, -0.25) is 4.79 Å². The van der Waals surface area contributed by atoms with Gasteiger partial charge in [0.25, 0.3) is 0 Å². The topological polar surface area (TPSA) is 68.0 Å². The average Bonchev–Trinajstić information content (AvgIpc) is 3.28. The highest BCUT2D eigenvalue weighted by Gasteiger charge is 2.22. The number of carbonyl (C=O) groups excluding carboxylic acids is 1. The fourth-order valence-corrected chi connectivity index (χ4v) is 4.16. The summed E-state index contributed by atoms with van der Waals surface area (Å²) in [6.45, 7) is 4.32. The van der Waals surface area contributed by atoms with Crippen LogP contribution in [0.1, 0.15) is 40.5 Å². The van der Waals surface area contributed by atoms with E-state index < -0.39 is 5.82 Å². The second kappa shape index (κ2) is 8.33. The Morgan fingerprint density at radius 1 is 1.44 bits per heavy atom. The molecular weight excluding hydrogens is 385 g/mol. The van der Waals surface area contributed by atoms with E-state index in [0.717, 1.165) is 28.3 Å². The third kappa shape index (κ3) is 4.29. The number of nitrogens with zero attached hydrogens (tertiary/aromatic N) is 1. The third-order valence-electron chi connectivity index (χ3n) is 4.52. The maximum atomic E-state index is 13.7. The molecule has 7 heteroatoms. The molecule has 0 radical (unpaired) electrons. The molecule has 0 saturated heterocycles. The maximum Gasteiger partial charge on any atom is 0.248 e. The van der Waals surface area contributed by atoms with Gasteiger partial charge in [-0.15, -0.1) is 11.3 Å². The number of aryl methyl sites for hydroxylation is 2. The van der Waals surface area contributed by atoms with E-state index in [0.29, 0.717) is 12.0 Å². The van der Waals surface area contributed by atoms with Crippen molar-refractivity contribution in [1.29, 1.82) is 0 Å². The van der Waals surface area contributed by atoms with Gasteiger partial charge in [-0.05, 0) is 36.6 Å². The van der Waals surface area contributed by atoms with Crippen LogP contribution in [0.2, 0.25) is 5.02 Å². The van der Waals surface area contributed by atoms with E-state index in [9.17, 15) is 9.18 Å². The van der Waals surface area contributed by atoms with Crippen molar-refractivity contribution in [3.05, 3.63) is 67.9 Å². The van der Waals surface area contributed by atoms with Crippen molar-refractivity contribution >= 4 is 34.4 Å². The summed E-state index contributed by atoms with van der Waals surface area (Å²) in [4.78, 5) is 18.4. The van der Waals surface area contributed by atoms with Crippen LogP contribution in [0.25, 0.3) is 5.57 Å². The molecule has 27 heavy (non-hydrogen) atoms. The van der Waals surface area contributed by atoms with Crippen LogP contribution in [0.15, 0.2) is 35.9 Å². The van der Waals surface area contributed by atoms with Crippen LogP contribution >= 0.6 is 22.9 Å². The number of carbonyl (C=O) groups is 1. The molecule has 3 N–H and O–H groups in total. The highest BCUT2D eigenvalue weighted by molar-refractivity contribution is 7.11. The number of allylic oxidation sites excluding steroid dienone is 3. The first kappa shape index (κ1) is 19.7. The summed E-state index contributed by atoms with van der Waals surface area (Å²) in [5.41, 5.74) is 9.06. The number of nitrogens with one attached hydrogen (secondary N) is 1. The molecule has 3 rings (SSSR count). The summed E-state index contributed by atoms with van der Waals surface area (Å²) < 4.78 is 13.7. The number of amides is 1. The molecule has 1 atom stereocenters. The second-order valence-electron chi connectivity index (χ2n) is 6.37. The first-order valence-corrected chi connectivity index (χ1v) is 9.94. The monoisotopic (exact) mass is 405 g/mol. The Morgan fingerprint density at radius 3 is 2.85 bits per heavy atom. The van der Waals surface area contributed by atoms with Crippen molar-refractivity contribution in [3.63, 3.8) is 0 Å². The lowest BCUT2D eigenvalue weighted by molar-refractivity contribution is -0.118. The minimum absolute atomic E-state index is 0.0826. The summed E-state index contributed by atoms with van der Waals surface area (Å²) in [7, 11) is 0. The lowest BCUT2D eigenvalue weighted by atomic mass is 10.0. The smallest absolute Gasteiger partial charge is 0.248 e. The predicted octanol–water partition coefficient (Wildman–Crippen LogP) is 4.34. The van der Waals surface area contributed by atoms with E-state index in [1.54, 1.807) is 23.5 Å². The Morgan fingerprint density at radius 2 is 2.22 bits per heavy atom. The van der Waals surface area contributed by atoms with E-state index in [1.807, 2.05) is 13.0 Å². The standard InChI is InChI=1S/C20H21ClFN3OS/c1-3-18-11(2)24-20(27-18)17(10-23)25-19(26)14-5-4-12(8-14)13-6-7-15(21)16(22)9-13/h4-7,9,17H,3,8,10,23H2,1-2H3,(H,25,26). The first-order chi connectivity index (χ1) is 12.9. The molecule has 4 nitrogen and oxygen atoms in total. The number of hydrogen-bond acceptors (Lipinski definition) is 4. The van der Waals surface area contributed by atoms with E-state index in [-0.39, 0.29) is 23.5 Å². The minimum Gasteiger partial charge on any atom is -0.342 e. The van der Waals surface area contributed by atoms with Gasteiger partial charge in [0.2, 0.25) is 5.91 Å². The van der Waals surface area contributed by atoms with Gasteiger partial charge in [0, 0.05) is 23.4 Å². The van der Waals surface area contributed by atoms with Gasteiger partial charge in [-0.25, -0.2) is 9.37 Å². The van der Waals surface area contributed by atoms with Crippen molar-refractivity contribution in [2.45, 2.75) is 32.7 Å². The highest BCUT2D eigenvalue weighted by Crippen LogP contribution is 2.31. The molecule has 1 aliphatic rings. The van der Waals surface area contributed by atoms with Crippen LogP contribution in [0, 0.1) is 12.7 Å². The third-order valence-corrected chi connectivity index (χ3v) is 6.24. The van der Waals surface area contributed by atoms with Crippen LogP contribution in [0.5, 0.6) is 0 Å².